The summed E-state index contributed by atoms with van der Waals surface area (Å²) in [5.41, 5.74) is 0. The Hall–Kier alpha value is -1.39. The van der Waals surface area contributed by atoms with Crippen LogP contribution in [0.15, 0.2) is 6.07 Å². The maximum absolute atomic E-state index is 12.5. The summed E-state index contributed by atoms with van der Waals surface area (Å²) in [7, 11) is 0. The van der Waals surface area contributed by atoms with Crippen LogP contribution in [0.2, 0.25) is 5.15 Å². The Morgan fingerprint density at radius 1 is 1.00 bits per heavy atom. The number of alkyl halides is 8. The maximum atomic E-state index is 12.5. The molecule has 20 heavy (non-hydrogen) atoms. The van der Waals surface area contributed by atoms with Crippen LogP contribution in [0.1, 0.15) is 5.82 Å². The number of aromatic nitrogens is 2. The molecule has 1 heterocycles. The maximum Gasteiger partial charge on any atom is 0.456 e. The van der Waals surface area contributed by atoms with Crippen LogP contribution in [0, 0.1) is 0 Å². The van der Waals surface area contributed by atoms with Crippen LogP contribution in [0.3, 0.4) is 0 Å². The second-order valence-corrected chi connectivity index (χ2v) is 3.73. The quantitative estimate of drug-likeness (QED) is 0.626. The van der Waals surface area contributed by atoms with Gasteiger partial charge >= 0.3 is 18.3 Å². The third-order valence-corrected chi connectivity index (χ3v) is 1.93. The van der Waals surface area contributed by atoms with Gasteiger partial charge in [-0.3, -0.25) is 0 Å². The van der Waals surface area contributed by atoms with Crippen LogP contribution >= 0.6 is 11.6 Å². The van der Waals surface area contributed by atoms with E-state index in [4.69, 9.17) is 11.6 Å². The van der Waals surface area contributed by atoms with Gasteiger partial charge in [0.15, 0.2) is 6.61 Å². The minimum absolute atomic E-state index is 0.475. The molecular weight excluding hydrogens is 328 g/mol. The number of ether oxygens (including phenoxy) is 1. The van der Waals surface area contributed by atoms with Gasteiger partial charge in [0.1, 0.15) is 5.15 Å². The van der Waals surface area contributed by atoms with Crippen LogP contribution < -0.4 is 4.74 Å². The zero-order valence-corrected chi connectivity index (χ0v) is 9.74. The van der Waals surface area contributed by atoms with Crippen molar-refractivity contribution in [2.75, 3.05) is 6.61 Å². The lowest BCUT2D eigenvalue weighted by atomic mass is 10.3. The molecule has 0 aliphatic rings. The third-order valence-electron chi connectivity index (χ3n) is 1.74. The molecule has 0 aliphatic heterocycles. The summed E-state index contributed by atoms with van der Waals surface area (Å²) in [5.74, 6) is -8.22. The van der Waals surface area contributed by atoms with Gasteiger partial charge in [0.05, 0.1) is 0 Å². The van der Waals surface area contributed by atoms with E-state index < -0.39 is 41.7 Å². The fraction of sp³-hybridized carbons (Fsp3) is 0.500. The second kappa shape index (κ2) is 5.19. The van der Waals surface area contributed by atoms with E-state index in [2.05, 4.69) is 14.7 Å². The molecule has 0 N–H and O–H groups in total. The molecule has 0 fully saturated rings. The Morgan fingerprint density at radius 3 is 2.00 bits per heavy atom. The summed E-state index contributed by atoms with van der Waals surface area (Å²) in [4.78, 5) is 5.38. The van der Waals surface area contributed by atoms with Crippen molar-refractivity contribution in [3.63, 3.8) is 0 Å². The highest BCUT2D eigenvalue weighted by Gasteiger charge is 2.58. The first-order valence-corrected chi connectivity index (χ1v) is 4.90. The van der Waals surface area contributed by atoms with Gasteiger partial charge in [-0.1, -0.05) is 11.6 Å². The SMILES string of the molecule is FC(F)(F)c1nc(Cl)cc(OCC(F)(F)C(F)(F)F)n1. The second-order valence-electron chi connectivity index (χ2n) is 3.34. The highest BCUT2D eigenvalue weighted by molar-refractivity contribution is 6.29. The van der Waals surface area contributed by atoms with Crippen molar-refractivity contribution in [3.8, 4) is 5.88 Å². The fourth-order valence-corrected chi connectivity index (χ4v) is 1.02. The van der Waals surface area contributed by atoms with Crippen LogP contribution in [0.5, 0.6) is 5.88 Å². The Bertz CT molecular complexity index is 486. The van der Waals surface area contributed by atoms with Gasteiger partial charge in [0.2, 0.25) is 11.7 Å². The van der Waals surface area contributed by atoms with Crippen molar-refractivity contribution in [1.29, 1.82) is 0 Å². The summed E-state index contributed by atoms with van der Waals surface area (Å²) in [6.07, 6.45) is -11.0. The minimum Gasteiger partial charge on any atom is -0.471 e. The number of halogens is 9. The lowest BCUT2D eigenvalue weighted by Crippen LogP contribution is -2.41. The lowest BCUT2D eigenvalue weighted by molar-refractivity contribution is -0.290. The van der Waals surface area contributed by atoms with Gasteiger partial charge in [0, 0.05) is 6.07 Å². The molecule has 0 spiro atoms. The van der Waals surface area contributed by atoms with Gasteiger partial charge in [0.25, 0.3) is 0 Å². The summed E-state index contributed by atoms with van der Waals surface area (Å²) < 4.78 is 101. The summed E-state index contributed by atoms with van der Waals surface area (Å²) >= 11 is 5.16. The van der Waals surface area contributed by atoms with E-state index in [1.807, 2.05) is 0 Å². The van der Waals surface area contributed by atoms with Crippen molar-refractivity contribution < 1.29 is 39.9 Å². The van der Waals surface area contributed by atoms with Gasteiger partial charge in [-0.05, 0) is 0 Å². The highest BCUT2D eigenvalue weighted by atomic mass is 35.5. The van der Waals surface area contributed by atoms with Crippen LogP contribution in [-0.4, -0.2) is 28.7 Å². The third kappa shape index (κ3) is 4.05. The van der Waals surface area contributed by atoms with E-state index in [9.17, 15) is 35.1 Å². The number of rotatable bonds is 3. The molecule has 0 saturated carbocycles. The molecule has 1 rings (SSSR count). The van der Waals surface area contributed by atoms with Gasteiger partial charge in [-0.25, -0.2) is 4.98 Å². The van der Waals surface area contributed by atoms with E-state index in [1.165, 1.54) is 0 Å². The molecule has 0 aromatic carbocycles. The smallest absolute Gasteiger partial charge is 0.456 e. The van der Waals surface area contributed by atoms with Gasteiger partial charge < -0.3 is 4.74 Å². The van der Waals surface area contributed by atoms with E-state index in [0.717, 1.165) is 0 Å². The average molecular weight is 331 g/mol. The fourth-order valence-electron chi connectivity index (χ4n) is 0.844. The Labute approximate surface area is 110 Å². The van der Waals surface area contributed by atoms with E-state index >= 15 is 0 Å². The first-order valence-electron chi connectivity index (χ1n) is 4.52. The number of hydrogen-bond acceptors (Lipinski definition) is 3. The van der Waals surface area contributed by atoms with Crippen LogP contribution in [0.25, 0.3) is 0 Å². The molecule has 114 valence electrons. The molecule has 1 aromatic rings. The predicted molar refractivity (Wildman–Crippen MR) is 48.5 cm³/mol. The monoisotopic (exact) mass is 330 g/mol. The van der Waals surface area contributed by atoms with Crippen molar-refractivity contribution in [2.24, 2.45) is 0 Å². The topological polar surface area (TPSA) is 35.0 Å². The number of hydrogen-bond donors (Lipinski definition) is 0. The molecule has 0 aliphatic carbocycles. The van der Waals surface area contributed by atoms with Crippen molar-refractivity contribution in [2.45, 2.75) is 18.3 Å². The summed E-state index contributed by atoms with van der Waals surface area (Å²) in [6, 6.07) is 0.475. The summed E-state index contributed by atoms with van der Waals surface area (Å²) in [5, 5.41) is -0.822. The van der Waals surface area contributed by atoms with Crippen LogP contribution in [0.4, 0.5) is 35.1 Å². The standard InChI is InChI=1S/C8H3ClF8N2O/c9-3-1-4(19-5(18-3)7(12,13)14)20-2-6(10,11)8(15,16)17/h1H,2H2. The molecule has 0 bridgehead atoms. The molecule has 0 atom stereocenters. The van der Waals surface area contributed by atoms with Crippen molar-refractivity contribution >= 4 is 11.6 Å². The zero-order chi connectivity index (χ0) is 15.8. The highest BCUT2D eigenvalue weighted by Crippen LogP contribution is 2.36. The normalized spacial score (nSPS) is 13.4. The van der Waals surface area contributed by atoms with Crippen molar-refractivity contribution in [1.82, 2.24) is 9.97 Å². The number of nitrogens with zero attached hydrogens (tertiary/aromatic N) is 2. The lowest BCUT2D eigenvalue weighted by Gasteiger charge is -2.19. The molecule has 0 saturated heterocycles. The molecule has 0 unspecified atom stereocenters. The van der Waals surface area contributed by atoms with Crippen LogP contribution in [-0.2, 0) is 6.18 Å². The first kappa shape index (κ1) is 16.7. The molecule has 3 nitrogen and oxygen atoms in total. The van der Waals surface area contributed by atoms with Crippen molar-refractivity contribution in [3.05, 3.63) is 17.0 Å². The van der Waals surface area contributed by atoms with Gasteiger partial charge in [-0.2, -0.15) is 40.1 Å². The molecular formula is C8H3ClF8N2O. The first-order chi connectivity index (χ1) is 8.83. The predicted octanol–water partition coefficient (Wildman–Crippen LogP) is 3.73. The van der Waals surface area contributed by atoms with E-state index in [-0.39, 0.29) is 0 Å². The molecule has 0 amide bonds. The van der Waals surface area contributed by atoms with Gasteiger partial charge in [-0.15, -0.1) is 0 Å². The zero-order valence-electron chi connectivity index (χ0n) is 8.99. The molecule has 0 radical (unpaired) electrons. The Morgan fingerprint density at radius 2 is 1.55 bits per heavy atom. The minimum atomic E-state index is -5.91. The Kier molecular flexibility index (Phi) is 4.32. The largest absolute Gasteiger partial charge is 0.471 e. The van der Waals surface area contributed by atoms with E-state index in [1.54, 1.807) is 0 Å². The molecule has 1 aromatic heterocycles. The average Bonchev–Trinajstić information content (AvgIpc) is 2.23. The summed E-state index contributed by atoms with van der Waals surface area (Å²) in [6.45, 7) is -2.23. The Balaban J connectivity index is 2.92. The molecule has 12 heteroatoms. The van der Waals surface area contributed by atoms with E-state index in [0.29, 0.717) is 6.07 Å².